The molecule has 143 heavy (non-hydrogen) atoms. The van der Waals surface area contributed by atoms with E-state index in [1.54, 1.807) is 135 Å². The SMILES string of the molecule is CC(C)(C)OC(=O)N1CCN(c2ccc(C(=O)O)cn2)CC1.CC(C)(C)OC(=O)Nc1ccc(-c2cc(F)cc(F)c2)cc1N.CC(C)(C)OC(=O)Nc1ccc(-c2cc(F)cc(F)c2)cc1NC(=O)c1ccc(N2CCN(C(=O)OC(C)(C)C)CC2)nc1.CC(C)(C)OC(=O)Nc1ccc(-c2cc(F)cc(F)c2)cc1[N+](=O)[O-].CC(C)(C)OC(=O)Nc1ccc(Br)cc1[N+](=O)[O-].OB(O)c1cc(F)cc(F)c1. The Kier molecular flexibility index (Phi) is 39.9. The maximum atomic E-state index is 13.9. The maximum absolute atomic E-state index is 13.9. The van der Waals surface area contributed by atoms with Crippen molar-refractivity contribution >= 4 is 134 Å². The highest BCUT2D eigenvalue weighted by molar-refractivity contribution is 9.10. The molecular formula is C98H110BBrF8N14O21. The fraction of sp³-hybridized carbons (Fsp3) is 0.327. The van der Waals surface area contributed by atoms with Crippen molar-refractivity contribution in [3.63, 3.8) is 0 Å². The summed E-state index contributed by atoms with van der Waals surface area (Å²) in [5.41, 5.74) is 4.58. The zero-order chi connectivity index (χ0) is 107. The molecular weight excluding hydrogens is 1950 g/mol. The molecule has 35 nitrogen and oxygen atoms in total. The number of aromatic carboxylic acids is 1. The Balaban J connectivity index is 0.000000244. The Bertz CT molecular complexity index is 6140. The topological polar surface area (TPSA) is 464 Å². The Hall–Kier alpha value is -15.3. The summed E-state index contributed by atoms with van der Waals surface area (Å²) in [6.07, 6.45) is -0.835. The third-order valence-corrected chi connectivity index (χ3v) is 19.0. The molecule has 10 N–H and O–H groups in total. The number of nitrogens with one attached hydrogen (secondary N) is 5. The van der Waals surface area contributed by atoms with E-state index in [0.717, 1.165) is 42.5 Å². The molecule has 0 bridgehead atoms. The molecule has 45 heteroatoms. The summed E-state index contributed by atoms with van der Waals surface area (Å²) >= 11 is 3.13. The van der Waals surface area contributed by atoms with E-state index in [0.29, 0.717) is 103 Å². The minimum Gasteiger partial charge on any atom is -0.478 e. The van der Waals surface area contributed by atoms with Crippen LogP contribution >= 0.6 is 15.9 Å². The number of halogens is 9. The first-order valence-corrected chi connectivity index (χ1v) is 44.5. The molecule has 2 aliphatic heterocycles. The third kappa shape index (κ3) is 39.7. The largest absolute Gasteiger partial charge is 0.488 e. The van der Waals surface area contributed by atoms with Gasteiger partial charge in [0, 0.05) is 106 Å². The first kappa shape index (κ1) is 115. The smallest absolute Gasteiger partial charge is 0.478 e. The van der Waals surface area contributed by atoms with Gasteiger partial charge in [-0.25, -0.2) is 78.7 Å². The summed E-state index contributed by atoms with van der Waals surface area (Å²) in [7, 11) is -1.83. The molecule has 0 saturated carbocycles. The zero-order valence-electron chi connectivity index (χ0n) is 81.3. The molecule has 2 fully saturated rings. The second-order valence-electron chi connectivity index (χ2n) is 37.5. The Morgan fingerprint density at radius 2 is 0.664 bits per heavy atom. The van der Waals surface area contributed by atoms with E-state index < -0.39 is 139 Å². The number of nitro groups is 2. The van der Waals surface area contributed by atoms with Crippen molar-refractivity contribution in [1.29, 1.82) is 0 Å². The highest BCUT2D eigenvalue weighted by atomic mass is 79.9. The number of hydrogen-bond acceptors (Lipinski definition) is 25. The number of anilines is 8. The predicted octanol–water partition coefficient (Wildman–Crippen LogP) is 21.3. The molecule has 10 aromatic rings. The van der Waals surface area contributed by atoms with Crippen LogP contribution in [0.4, 0.5) is 121 Å². The van der Waals surface area contributed by atoms with Gasteiger partial charge in [0.25, 0.3) is 17.3 Å². The lowest BCUT2D eigenvalue weighted by Gasteiger charge is -2.36. The average Bonchev–Trinajstić information content (AvgIpc) is 0.806. The van der Waals surface area contributed by atoms with E-state index in [4.69, 9.17) is 49.3 Å². The second kappa shape index (κ2) is 49.7. The van der Waals surface area contributed by atoms with Crippen LogP contribution < -0.4 is 47.6 Å². The number of piperazine rings is 2. The number of rotatable bonds is 15. The van der Waals surface area contributed by atoms with E-state index in [-0.39, 0.29) is 79.6 Å². The monoisotopic (exact) mass is 2060 g/mol. The molecule has 0 unspecified atom stereocenters. The molecule has 2 saturated heterocycles. The molecule has 0 aliphatic carbocycles. The van der Waals surface area contributed by atoms with Crippen LogP contribution in [0.3, 0.4) is 0 Å². The van der Waals surface area contributed by atoms with Gasteiger partial charge in [-0.15, -0.1) is 0 Å². The van der Waals surface area contributed by atoms with Crippen LogP contribution in [0.15, 0.2) is 187 Å². The van der Waals surface area contributed by atoms with Crippen molar-refractivity contribution in [1.82, 2.24) is 19.8 Å². The summed E-state index contributed by atoms with van der Waals surface area (Å²) < 4.78 is 138. The lowest BCUT2D eigenvalue weighted by atomic mass is 9.80. The summed E-state index contributed by atoms with van der Waals surface area (Å²) in [6, 6.07) is 35.5. The lowest BCUT2D eigenvalue weighted by molar-refractivity contribution is -0.384. The molecule has 2 aromatic heterocycles. The second-order valence-corrected chi connectivity index (χ2v) is 38.4. The predicted molar refractivity (Wildman–Crippen MR) is 526 cm³/mol. The fourth-order valence-electron chi connectivity index (χ4n) is 12.6. The number of nitrogen functional groups attached to an aromatic ring is 1. The molecule has 12 rings (SSSR count). The highest BCUT2D eigenvalue weighted by Gasteiger charge is 2.32. The summed E-state index contributed by atoms with van der Waals surface area (Å²) in [5.74, 6) is -6.24. The van der Waals surface area contributed by atoms with Crippen LogP contribution in [0, 0.1) is 66.8 Å². The molecule has 4 heterocycles. The number of nitro benzene ring substituents is 2. The number of benzene rings is 8. The number of pyridine rings is 2. The summed E-state index contributed by atoms with van der Waals surface area (Å²) in [5, 5.41) is 60.5. The molecule has 0 spiro atoms. The van der Waals surface area contributed by atoms with Gasteiger partial charge in [0.1, 0.15) is 103 Å². The van der Waals surface area contributed by atoms with Gasteiger partial charge in [0.15, 0.2) is 0 Å². The minimum absolute atomic E-state index is 0.0834. The van der Waals surface area contributed by atoms with E-state index in [1.807, 2.05) is 51.3 Å². The molecule has 0 atom stereocenters. The normalized spacial score (nSPS) is 12.5. The number of nitrogens with zero attached hydrogens (tertiary/aromatic N) is 8. The molecule has 7 amide bonds. The standard InChI is InChI=1S/C32H37F2N5O5.C17H16F2N2O4.C17H18F2N2O2.C15H21N3O4.C11H13BrN2O4.C6H5BF2O2/c1-31(2,3)43-29(41)37-25-9-7-20(22-15-23(33)18-24(34)16-22)17-26(25)36-28(40)21-8-10-27(35-19-21)38-11-13-39(14-12-38)30(42)44-32(4,5)6;1-17(2,3)25-16(22)20-14-5-4-10(8-15(14)21(23)24)11-6-12(18)9-13(19)7-11;1-17(2,3)23-16(22)21-15-5-4-10(8-14(15)20)11-6-12(18)9-13(19)7-11;1-15(2,3)22-14(21)18-8-6-17(7-9-18)12-5-4-11(10-16-12)13(19)20;1-11(2,3)18-10(15)13-8-5-4-7(12)6-9(8)14(16)17;8-5-1-4(7(10)11)2-6(9)3-5/h7-10,15-19H,11-14H2,1-6H3,(H,36,40)(H,37,41);4-9H,1-3H3,(H,20,22);4-9H,20H2,1-3H3,(H,21,22);4-5,10H,6-9H2,1-3H3,(H,19,20);4-6H,1-3H3,(H,13,15);1-3,10-11H. The summed E-state index contributed by atoms with van der Waals surface area (Å²) in [4.78, 5) is 133. The van der Waals surface area contributed by atoms with Gasteiger partial charge in [-0.2, -0.15) is 0 Å². The van der Waals surface area contributed by atoms with Gasteiger partial charge < -0.3 is 74.2 Å². The van der Waals surface area contributed by atoms with Crippen molar-refractivity contribution in [3.05, 3.63) is 265 Å². The van der Waals surface area contributed by atoms with Gasteiger partial charge >= 0.3 is 49.6 Å². The zero-order valence-corrected chi connectivity index (χ0v) is 82.9. The summed E-state index contributed by atoms with van der Waals surface area (Å²) in [6.45, 7) is 35.9. The lowest BCUT2D eigenvalue weighted by Crippen LogP contribution is -2.50. The Morgan fingerprint density at radius 3 is 0.986 bits per heavy atom. The van der Waals surface area contributed by atoms with Crippen LogP contribution in [0.2, 0.25) is 0 Å². The van der Waals surface area contributed by atoms with Crippen LogP contribution in [0.1, 0.15) is 145 Å². The number of carboxylic acids is 1. The number of aromatic nitrogens is 2. The molecule has 8 aromatic carbocycles. The number of carboxylic acid groups (broad SMARTS) is 1. The van der Waals surface area contributed by atoms with Crippen LogP contribution in [0.5, 0.6) is 0 Å². The van der Waals surface area contributed by atoms with Crippen molar-refractivity contribution in [3.8, 4) is 33.4 Å². The van der Waals surface area contributed by atoms with E-state index in [2.05, 4.69) is 52.5 Å². The number of carbonyl (C=O) groups excluding carboxylic acids is 7. The minimum atomic E-state index is -1.83. The number of amides is 7. The van der Waals surface area contributed by atoms with Crippen LogP contribution in [-0.4, -0.2) is 186 Å². The first-order chi connectivity index (χ1) is 66.3. The highest BCUT2D eigenvalue weighted by Crippen LogP contribution is 2.37. The number of ether oxygens (including phenoxy) is 6. The number of nitrogens with two attached hydrogens (primary N) is 1. The van der Waals surface area contributed by atoms with Gasteiger partial charge in [-0.3, -0.25) is 46.3 Å². The van der Waals surface area contributed by atoms with E-state index in [1.165, 1.54) is 85.2 Å². The maximum Gasteiger partial charge on any atom is 0.488 e. The quantitative estimate of drug-likeness (QED) is 0.0115. The number of carbonyl (C=O) groups is 8. The Morgan fingerprint density at radius 1 is 0.364 bits per heavy atom. The molecule has 0 radical (unpaired) electrons. The first-order valence-electron chi connectivity index (χ1n) is 43.7. The third-order valence-electron chi connectivity index (χ3n) is 18.5. The van der Waals surface area contributed by atoms with Crippen LogP contribution in [-0.2, 0) is 28.4 Å². The van der Waals surface area contributed by atoms with Gasteiger partial charge in [0.05, 0.1) is 43.7 Å². The van der Waals surface area contributed by atoms with Gasteiger partial charge in [0.2, 0.25) is 0 Å². The number of hydrogen-bond donors (Lipinski definition) is 9. The Labute approximate surface area is 827 Å². The van der Waals surface area contributed by atoms with Crippen molar-refractivity contribution in [2.45, 2.75) is 158 Å². The van der Waals surface area contributed by atoms with Crippen molar-refractivity contribution in [2.75, 3.05) is 94.5 Å². The van der Waals surface area contributed by atoms with Crippen molar-refractivity contribution in [2.24, 2.45) is 0 Å². The molecule has 2 aliphatic rings. The van der Waals surface area contributed by atoms with Gasteiger partial charge in [-0.05, 0) is 279 Å². The molecule has 764 valence electrons. The van der Waals surface area contributed by atoms with Crippen LogP contribution in [0.25, 0.3) is 33.4 Å². The van der Waals surface area contributed by atoms with E-state index >= 15 is 0 Å². The fourth-order valence-corrected chi connectivity index (χ4v) is 12.9. The van der Waals surface area contributed by atoms with Gasteiger partial charge in [-0.1, -0.05) is 34.1 Å². The average molecular weight is 2060 g/mol. The van der Waals surface area contributed by atoms with E-state index in [9.17, 15) is 93.7 Å². The van der Waals surface area contributed by atoms with Crippen molar-refractivity contribution < 1.29 is 127 Å².